The van der Waals surface area contributed by atoms with Gasteiger partial charge in [-0.15, -0.1) is 0 Å². The maximum atomic E-state index is 13.4. The summed E-state index contributed by atoms with van der Waals surface area (Å²) in [5, 5.41) is 9.08. The Hall–Kier alpha value is -0.980. The van der Waals surface area contributed by atoms with E-state index in [1.165, 1.54) is 16.4 Å². The number of benzene rings is 1. The van der Waals surface area contributed by atoms with Crippen LogP contribution in [0.4, 0.5) is 4.39 Å². The lowest BCUT2D eigenvalue weighted by atomic mass is 10.2. The van der Waals surface area contributed by atoms with Crippen LogP contribution in [0.1, 0.15) is 45.6 Å². The molecule has 4 nitrogen and oxygen atoms in total. The van der Waals surface area contributed by atoms with Crippen LogP contribution >= 0.6 is 0 Å². The van der Waals surface area contributed by atoms with E-state index in [1.807, 2.05) is 13.8 Å². The molecular formula is C15H24FNO3S. The van der Waals surface area contributed by atoms with Crippen molar-refractivity contribution in [3.8, 4) is 0 Å². The molecule has 0 aromatic heterocycles. The highest BCUT2D eigenvalue weighted by Crippen LogP contribution is 2.21. The number of halogens is 1. The maximum absolute atomic E-state index is 13.4. The second kappa shape index (κ2) is 7.87. The minimum Gasteiger partial charge on any atom is -0.392 e. The summed E-state index contributed by atoms with van der Waals surface area (Å²) in [6.45, 7) is 5.62. The molecule has 1 aromatic rings. The number of unbranched alkanes of at least 4 members (excludes halogenated alkanes) is 2. The van der Waals surface area contributed by atoms with Gasteiger partial charge in [0.25, 0.3) is 0 Å². The third kappa shape index (κ3) is 4.49. The topological polar surface area (TPSA) is 57.6 Å². The fourth-order valence-corrected chi connectivity index (χ4v) is 3.87. The summed E-state index contributed by atoms with van der Waals surface area (Å²) in [6.07, 6.45) is 2.77. The molecule has 0 spiro atoms. The van der Waals surface area contributed by atoms with Gasteiger partial charge in [0, 0.05) is 18.2 Å². The predicted molar refractivity (Wildman–Crippen MR) is 80.9 cm³/mol. The number of sulfonamides is 1. The Bertz CT molecular complexity index is 558. The second-order valence-corrected chi connectivity index (χ2v) is 7.22. The summed E-state index contributed by atoms with van der Waals surface area (Å²) in [6, 6.07) is 3.37. The molecule has 0 aliphatic heterocycles. The molecule has 0 fully saturated rings. The minimum atomic E-state index is -3.67. The first-order valence-corrected chi connectivity index (χ1v) is 8.69. The van der Waals surface area contributed by atoms with Crippen LogP contribution in [0.5, 0.6) is 0 Å². The van der Waals surface area contributed by atoms with E-state index in [0.717, 1.165) is 25.3 Å². The largest absolute Gasteiger partial charge is 0.392 e. The standard InChI is InChI=1S/C15H24FNO3S/c1-4-5-6-9-17(12(2)3)21(19,20)14-7-8-15(16)13(10-14)11-18/h7-8,10,12,18H,4-6,9,11H2,1-3H3. The molecule has 0 unspecified atom stereocenters. The first-order chi connectivity index (χ1) is 9.84. The molecule has 0 saturated heterocycles. The molecule has 0 radical (unpaired) electrons. The van der Waals surface area contributed by atoms with Gasteiger partial charge in [0.15, 0.2) is 0 Å². The van der Waals surface area contributed by atoms with Gasteiger partial charge in [-0.05, 0) is 38.5 Å². The average molecular weight is 317 g/mol. The lowest BCUT2D eigenvalue weighted by Crippen LogP contribution is -2.37. The summed E-state index contributed by atoms with van der Waals surface area (Å²) in [5.74, 6) is -0.599. The van der Waals surface area contributed by atoms with Gasteiger partial charge in [-0.3, -0.25) is 0 Å². The summed E-state index contributed by atoms with van der Waals surface area (Å²) in [4.78, 5) is 0.0261. The lowest BCUT2D eigenvalue weighted by Gasteiger charge is -2.26. The highest BCUT2D eigenvalue weighted by atomic mass is 32.2. The van der Waals surface area contributed by atoms with Crippen LogP contribution in [-0.4, -0.2) is 30.4 Å². The zero-order chi connectivity index (χ0) is 16.0. The fourth-order valence-electron chi connectivity index (χ4n) is 2.14. The molecule has 0 bridgehead atoms. The normalized spacial score (nSPS) is 12.3. The summed E-state index contributed by atoms with van der Waals surface area (Å²) in [7, 11) is -3.67. The van der Waals surface area contributed by atoms with Crippen molar-refractivity contribution in [3.63, 3.8) is 0 Å². The molecule has 1 rings (SSSR count). The first-order valence-electron chi connectivity index (χ1n) is 7.25. The van der Waals surface area contributed by atoms with Crippen LogP contribution in [0, 0.1) is 5.82 Å². The molecule has 0 atom stereocenters. The smallest absolute Gasteiger partial charge is 0.243 e. The second-order valence-electron chi connectivity index (χ2n) is 5.33. The molecule has 0 heterocycles. The first kappa shape index (κ1) is 18.1. The number of hydrogen-bond acceptors (Lipinski definition) is 3. The molecule has 0 amide bonds. The van der Waals surface area contributed by atoms with Crippen LogP contribution in [-0.2, 0) is 16.6 Å². The number of rotatable bonds is 8. The van der Waals surface area contributed by atoms with Gasteiger partial charge in [-0.1, -0.05) is 19.8 Å². The van der Waals surface area contributed by atoms with Crippen molar-refractivity contribution >= 4 is 10.0 Å². The summed E-state index contributed by atoms with van der Waals surface area (Å²) in [5.41, 5.74) is -0.00617. The van der Waals surface area contributed by atoms with Gasteiger partial charge in [0.1, 0.15) is 5.82 Å². The predicted octanol–water partition coefficient (Wildman–Crippen LogP) is 2.91. The molecule has 0 aliphatic carbocycles. The van der Waals surface area contributed by atoms with E-state index in [4.69, 9.17) is 5.11 Å². The van der Waals surface area contributed by atoms with Crippen LogP contribution in [0.15, 0.2) is 23.1 Å². The maximum Gasteiger partial charge on any atom is 0.243 e. The fraction of sp³-hybridized carbons (Fsp3) is 0.600. The Balaban J connectivity index is 3.10. The van der Waals surface area contributed by atoms with Gasteiger partial charge in [0.2, 0.25) is 10.0 Å². The Kier molecular flexibility index (Phi) is 6.77. The Morgan fingerprint density at radius 1 is 1.29 bits per heavy atom. The highest BCUT2D eigenvalue weighted by Gasteiger charge is 2.27. The van der Waals surface area contributed by atoms with Crippen molar-refractivity contribution in [1.82, 2.24) is 4.31 Å². The van der Waals surface area contributed by atoms with E-state index in [2.05, 4.69) is 6.92 Å². The van der Waals surface area contributed by atoms with Gasteiger partial charge < -0.3 is 5.11 Å². The number of hydrogen-bond donors (Lipinski definition) is 1. The zero-order valence-corrected chi connectivity index (χ0v) is 13.7. The summed E-state index contributed by atoms with van der Waals surface area (Å²) < 4.78 is 40.2. The monoisotopic (exact) mass is 317 g/mol. The Morgan fingerprint density at radius 3 is 2.48 bits per heavy atom. The van der Waals surface area contributed by atoms with Gasteiger partial charge >= 0.3 is 0 Å². The molecule has 0 saturated carbocycles. The van der Waals surface area contributed by atoms with Crippen molar-refractivity contribution in [3.05, 3.63) is 29.6 Å². The van der Waals surface area contributed by atoms with Crippen LogP contribution in [0.2, 0.25) is 0 Å². The van der Waals surface area contributed by atoms with E-state index < -0.39 is 22.4 Å². The molecular weight excluding hydrogens is 293 g/mol. The van der Waals surface area contributed by atoms with Crippen molar-refractivity contribution in [2.45, 2.75) is 57.6 Å². The zero-order valence-electron chi connectivity index (χ0n) is 12.8. The number of nitrogens with zero attached hydrogens (tertiary/aromatic N) is 1. The summed E-state index contributed by atoms with van der Waals surface area (Å²) >= 11 is 0. The SMILES string of the molecule is CCCCCN(C(C)C)S(=O)(=O)c1ccc(F)c(CO)c1. The van der Waals surface area contributed by atoms with E-state index in [-0.39, 0.29) is 16.5 Å². The van der Waals surface area contributed by atoms with E-state index in [9.17, 15) is 12.8 Å². The average Bonchev–Trinajstić information content (AvgIpc) is 2.43. The quantitative estimate of drug-likeness (QED) is 0.750. The van der Waals surface area contributed by atoms with E-state index in [0.29, 0.717) is 6.54 Å². The minimum absolute atomic E-state index is 0.00617. The molecule has 6 heteroatoms. The van der Waals surface area contributed by atoms with Crippen molar-refractivity contribution in [2.24, 2.45) is 0 Å². The Morgan fingerprint density at radius 2 is 1.95 bits per heavy atom. The highest BCUT2D eigenvalue weighted by molar-refractivity contribution is 7.89. The number of aliphatic hydroxyl groups excluding tert-OH is 1. The van der Waals surface area contributed by atoms with Crippen LogP contribution < -0.4 is 0 Å². The lowest BCUT2D eigenvalue weighted by molar-refractivity contribution is 0.275. The third-order valence-corrected chi connectivity index (χ3v) is 5.42. The van der Waals surface area contributed by atoms with Crippen LogP contribution in [0.25, 0.3) is 0 Å². The Labute approximate surface area is 126 Å². The van der Waals surface area contributed by atoms with Crippen molar-refractivity contribution < 1.29 is 17.9 Å². The van der Waals surface area contributed by atoms with Crippen LogP contribution in [0.3, 0.4) is 0 Å². The molecule has 21 heavy (non-hydrogen) atoms. The molecule has 120 valence electrons. The van der Waals surface area contributed by atoms with Crippen molar-refractivity contribution in [1.29, 1.82) is 0 Å². The van der Waals surface area contributed by atoms with Crippen molar-refractivity contribution in [2.75, 3.05) is 6.54 Å². The van der Waals surface area contributed by atoms with Gasteiger partial charge in [0.05, 0.1) is 11.5 Å². The molecule has 0 aliphatic rings. The third-order valence-electron chi connectivity index (χ3n) is 3.35. The molecule has 1 N–H and O–H groups in total. The number of aliphatic hydroxyl groups is 1. The van der Waals surface area contributed by atoms with E-state index >= 15 is 0 Å². The molecule has 1 aromatic carbocycles. The van der Waals surface area contributed by atoms with Gasteiger partial charge in [-0.25, -0.2) is 12.8 Å². The van der Waals surface area contributed by atoms with Gasteiger partial charge in [-0.2, -0.15) is 4.31 Å². The van der Waals surface area contributed by atoms with E-state index in [1.54, 1.807) is 0 Å².